The maximum Gasteiger partial charge on any atom is 0.335 e. The van der Waals surface area contributed by atoms with Crippen molar-refractivity contribution >= 4 is 84.6 Å². The normalized spacial score (nSPS) is 11.2. The van der Waals surface area contributed by atoms with Crippen molar-refractivity contribution in [2.24, 2.45) is 0 Å². The number of fused-ring (bicyclic) bond motifs is 2. The first-order chi connectivity index (χ1) is 13.4. The number of carbonyl (C=O) groups excluding carboxylic acids is 1. The van der Waals surface area contributed by atoms with Crippen LogP contribution in [0.3, 0.4) is 0 Å². The molecule has 0 unspecified atom stereocenters. The molecular weight excluding hydrogens is 443 g/mol. The zero-order chi connectivity index (χ0) is 19.8. The van der Waals surface area contributed by atoms with Crippen LogP contribution in [0.15, 0.2) is 35.5 Å². The summed E-state index contributed by atoms with van der Waals surface area (Å²) >= 11 is 14.4. The summed E-state index contributed by atoms with van der Waals surface area (Å²) in [5.41, 5.74) is 2.20. The van der Waals surface area contributed by atoms with Gasteiger partial charge in [0, 0.05) is 0 Å². The highest BCUT2D eigenvalue weighted by Crippen LogP contribution is 2.29. The monoisotopic (exact) mass is 452 g/mol. The SMILES string of the molecule is O=C(CSc1nc2cc(Cl)c(Cl)cc2[nH]1)Nc1nc2ccc(C(=O)O)cc2s1. The van der Waals surface area contributed by atoms with Crippen molar-refractivity contribution in [1.29, 1.82) is 0 Å². The van der Waals surface area contributed by atoms with Crippen LogP contribution in [0.5, 0.6) is 0 Å². The molecule has 0 radical (unpaired) electrons. The summed E-state index contributed by atoms with van der Waals surface area (Å²) in [6.45, 7) is 0. The number of amides is 1. The number of benzene rings is 2. The summed E-state index contributed by atoms with van der Waals surface area (Å²) in [4.78, 5) is 35.0. The van der Waals surface area contributed by atoms with E-state index >= 15 is 0 Å². The fourth-order valence-corrected chi connectivity index (χ4v) is 4.38. The molecule has 0 aliphatic rings. The molecule has 28 heavy (non-hydrogen) atoms. The van der Waals surface area contributed by atoms with Gasteiger partial charge in [-0.1, -0.05) is 46.3 Å². The van der Waals surface area contributed by atoms with E-state index in [1.54, 1.807) is 18.2 Å². The first-order valence-electron chi connectivity index (χ1n) is 7.80. The summed E-state index contributed by atoms with van der Waals surface area (Å²) in [5, 5.41) is 13.6. The van der Waals surface area contributed by atoms with Gasteiger partial charge in [-0.2, -0.15) is 0 Å². The van der Waals surface area contributed by atoms with Crippen LogP contribution in [0.25, 0.3) is 21.3 Å². The molecule has 4 aromatic rings. The van der Waals surface area contributed by atoms with Crippen LogP contribution in [0.4, 0.5) is 5.13 Å². The van der Waals surface area contributed by atoms with Gasteiger partial charge in [0.05, 0.1) is 42.6 Å². The lowest BCUT2D eigenvalue weighted by Gasteiger charge is -1.99. The lowest BCUT2D eigenvalue weighted by Crippen LogP contribution is -2.13. The molecule has 0 saturated carbocycles. The second-order valence-corrected chi connectivity index (χ2v) is 8.48. The summed E-state index contributed by atoms with van der Waals surface area (Å²) in [5.74, 6) is -1.14. The van der Waals surface area contributed by atoms with Crippen LogP contribution < -0.4 is 5.32 Å². The Hall–Kier alpha value is -2.33. The van der Waals surface area contributed by atoms with Gasteiger partial charge in [0.25, 0.3) is 0 Å². The molecule has 142 valence electrons. The van der Waals surface area contributed by atoms with E-state index in [0.717, 1.165) is 5.52 Å². The number of carboxylic acids is 1. The van der Waals surface area contributed by atoms with Gasteiger partial charge in [-0.3, -0.25) is 4.79 Å². The number of nitrogens with zero attached hydrogens (tertiary/aromatic N) is 2. The quantitative estimate of drug-likeness (QED) is 0.371. The van der Waals surface area contributed by atoms with E-state index in [1.807, 2.05) is 0 Å². The molecule has 0 bridgehead atoms. The van der Waals surface area contributed by atoms with Gasteiger partial charge in [-0.05, 0) is 30.3 Å². The molecule has 0 aliphatic heterocycles. The minimum atomic E-state index is -1.01. The molecule has 0 aliphatic carbocycles. The second-order valence-electron chi connectivity index (χ2n) is 5.67. The number of aromatic nitrogens is 3. The van der Waals surface area contributed by atoms with Gasteiger partial charge in [-0.25, -0.2) is 14.8 Å². The molecule has 11 heteroatoms. The van der Waals surface area contributed by atoms with Crippen molar-refractivity contribution in [1.82, 2.24) is 15.0 Å². The van der Waals surface area contributed by atoms with E-state index in [-0.39, 0.29) is 17.2 Å². The first-order valence-corrected chi connectivity index (χ1v) is 10.4. The van der Waals surface area contributed by atoms with E-state index in [0.29, 0.717) is 36.1 Å². The Morgan fingerprint density at radius 1 is 1.14 bits per heavy atom. The van der Waals surface area contributed by atoms with E-state index in [1.165, 1.54) is 35.2 Å². The average Bonchev–Trinajstić information content (AvgIpc) is 3.22. The van der Waals surface area contributed by atoms with E-state index in [4.69, 9.17) is 28.3 Å². The molecular formula is C17H10Cl2N4O3S2. The smallest absolute Gasteiger partial charge is 0.335 e. The second kappa shape index (κ2) is 7.59. The molecule has 0 fully saturated rings. The lowest BCUT2D eigenvalue weighted by molar-refractivity contribution is -0.113. The van der Waals surface area contributed by atoms with Crippen LogP contribution in [0, 0.1) is 0 Å². The molecule has 2 heterocycles. The number of halogens is 2. The standard InChI is InChI=1S/C17H10Cl2N4O3S2/c18-8-4-11-12(5-9(8)19)22-16(21-11)27-6-14(24)23-17-20-10-2-1-7(15(25)26)3-13(10)28-17/h1-5H,6H2,(H,21,22)(H,25,26)(H,20,23,24). The Labute approximate surface area is 176 Å². The van der Waals surface area contributed by atoms with Crippen molar-refractivity contribution in [2.75, 3.05) is 11.1 Å². The Morgan fingerprint density at radius 3 is 2.71 bits per heavy atom. The number of H-pyrrole nitrogens is 1. The van der Waals surface area contributed by atoms with Gasteiger partial charge in [0.15, 0.2) is 10.3 Å². The maximum atomic E-state index is 12.2. The number of carboxylic acid groups (broad SMARTS) is 1. The highest BCUT2D eigenvalue weighted by Gasteiger charge is 2.12. The van der Waals surface area contributed by atoms with Crippen LogP contribution in [0.1, 0.15) is 10.4 Å². The Kier molecular flexibility index (Phi) is 5.15. The summed E-state index contributed by atoms with van der Waals surface area (Å²) in [6, 6.07) is 7.97. The zero-order valence-corrected chi connectivity index (χ0v) is 17.0. The van der Waals surface area contributed by atoms with Crippen LogP contribution >= 0.6 is 46.3 Å². The third kappa shape index (κ3) is 3.93. The number of nitrogens with one attached hydrogen (secondary N) is 2. The number of anilines is 1. The third-order valence-corrected chi connectivity index (χ3v) is 6.25. The Bertz CT molecular complexity index is 1200. The Balaban J connectivity index is 1.43. The molecule has 2 aromatic carbocycles. The molecule has 0 saturated heterocycles. The highest BCUT2D eigenvalue weighted by molar-refractivity contribution is 7.99. The van der Waals surface area contributed by atoms with E-state index in [9.17, 15) is 9.59 Å². The van der Waals surface area contributed by atoms with Crippen LogP contribution in [0.2, 0.25) is 10.0 Å². The summed E-state index contributed by atoms with van der Waals surface area (Å²) in [6.07, 6.45) is 0. The van der Waals surface area contributed by atoms with Gasteiger partial charge in [0.2, 0.25) is 5.91 Å². The highest BCUT2D eigenvalue weighted by atomic mass is 35.5. The van der Waals surface area contributed by atoms with E-state index in [2.05, 4.69) is 20.3 Å². The number of hydrogen-bond donors (Lipinski definition) is 3. The largest absolute Gasteiger partial charge is 0.478 e. The molecule has 0 spiro atoms. The van der Waals surface area contributed by atoms with Crippen molar-refractivity contribution < 1.29 is 14.7 Å². The summed E-state index contributed by atoms with van der Waals surface area (Å²) < 4.78 is 0.689. The van der Waals surface area contributed by atoms with Crippen molar-refractivity contribution in [3.63, 3.8) is 0 Å². The first kappa shape index (κ1) is 19.0. The summed E-state index contributed by atoms with van der Waals surface area (Å²) in [7, 11) is 0. The fraction of sp³-hybridized carbons (Fsp3) is 0.0588. The van der Waals surface area contributed by atoms with Gasteiger partial charge in [0.1, 0.15) is 0 Å². The third-order valence-electron chi connectivity index (χ3n) is 3.72. The predicted molar refractivity (Wildman–Crippen MR) is 112 cm³/mol. The number of aromatic amines is 1. The zero-order valence-electron chi connectivity index (χ0n) is 13.8. The predicted octanol–water partition coefficient (Wildman–Crippen LogP) is 4.91. The van der Waals surface area contributed by atoms with Crippen molar-refractivity contribution in [2.45, 2.75) is 5.16 Å². The number of aromatic carboxylic acids is 1. The average molecular weight is 453 g/mol. The Morgan fingerprint density at radius 2 is 1.93 bits per heavy atom. The molecule has 0 atom stereocenters. The minimum absolute atomic E-state index is 0.123. The van der Waals surface area contributed by atoms with Gasteiger partial charge >= 0.3 is 5.97 Å². The molecule has 4 rings (SSSR count). The number of thiazole rings is 1. The minimum Gasteiger partial charge on any atom is -0.478 e. The maximum absolute atomic E-state index is 12.2. The topological polar surface area (TPSA) is 108 Å². The number of imidazole rings is 1. The van der Waals surface area contributed by atoms with Crippen LogP contribution in [-0.4, -0.2) is 37.7 Å². The van der Waals surface area contributed by atoms with Gasteiger partial charge in [-0.15, -0.1) is 0 Å². The van der Waals surface area contributed by atoms with Crippen molar-refractivity contribution in [3.8, 4) is 0 Å². The fourth-order valence-electron chi connectivity index (χ4n) is 2.45. The molecule has 3 N–H and O–H groups in total. The molecule has 1 amide bonds. The number of carbonyl (C=O) groups is 2. The van der Waals surface area contributed by atoms with Gasteiger partial charge < -0.3 is 15.4 Å². The van der Waals surface area contributed by atoms with Crippen LogP contribution in [-0.2, 0) is 4.79 Å². The number of rotatable bonds is 5. The van der Waals surface area contributed by atoms with E-state index < -0.39 is 5.97 Å². The number of hydrogen-bond acceptors (Lipinski definition) is 6. The van der Waals surface area contributed by atoms with Crippen molar-refractivity contribution in [3.05, 3.63) is 45.9 Å². The molecule has 2 aromatic heterocycles. The number of thioether (sulfide) groups is 1. The molecule has 7 nitrogen and oxygen atoms in total. The lowest BCUT2D eigenvalue weighted by atomic mass is 10.2.